The van der Waals surface area contributed by atoms with E-state index >= 15 is 0 Å². The Morgan fingerprint density at radius 2 is 2.07 bits per heavy atom. The molecule has 2 aliphatic rings. The number of halogens is 2. The number of fused-ring (bicyclic) bond motifs is 1. The maximum atomic E-state index is 11.8. The second kappa shape index (κ2) is 8.87. The molecule has 2 heterocycles. The third-order valence-corrected chi connectivity index (χ3v) is 6.58. The van der Waals surface area contributed by atoms with E-state index in [1.807, 2.05) is 24.3 Å². The van der Waals surface area contributed by atoms with Gasteiger partial charge in [-0.15, -0.1) is 0 Å². The summed E-state index contributed by atoms with van der Waals surface area (Å²) in [6.07, 6.45) is 2.07. The largest absolute Gasteiger partial charge is 0.490 e. The third kappa shape index (κ3) is 4.83. The molecule has 1 fully saturated rings. The molecule has 0 bridgehead atoms. The summed E-state index contributed by atoms with van der Waals surface area (Å²) in [7, 11) is 0. The summed E-state index contributed by atoms with van der Waals surface area (Å²) in [5, 5.41) is 11.2. The number of hydrogen-bond donors (Lipinski definition) is 1. The van der Waals surface area contributed by atoms with Crippen molar-refractivity contribution in [2.45, 2.75) is 37.9 Å². The maximum Gasteiger partial charge on any atom is 0.163 e. The number of aliphatic hydroxyl groups excluding tert-OH is 1. The van der Waals surface area contributed by atoms with Crippen molar-refractivity contribution in [1.29, 1.82) is 0 Å². The lowest BCUT2D eigenvalue weighted by Crippen LogP contribution is -2.49. The highest BCUT2D eigenvalue weighted by Gasteiger charge is 2.42. The number of Topliss-reactive ketones (excluding diaryl/α,β-unsaturated/α-hetero) is 1. The van der Waals surface area contributed by atoms with Gasteiger partial charge in [-0.1, -0.05) is 27.5 Å². The van der Waals surface area contributed by atoms with Crippen molar-refractivity contribution in [3.63, 3.8) is 0 Å². The number of ether oxygens (including phenoxy) is 2. The fraction of sp³-hybridized carbons (Fsp3) is 0.435. The zero-order valence-corrected chi connectivity index (χ0v) is 19.2. The Balaban J connectivity index is 1.27. The zero-order valence-electron chi connectivity index (χ0n) is 16.9. The molecule has 0 radical (unpaired) electrons. The summed E-state index contributed by atoms with van der Waals surface area (Å²) in [5.41, 5.74) is 1.54. The van der Waals surface area contributed by atoms with Crippen LogP contribution >= 0.6 is 27.5 Å². The quantitative estimate of drug-likeness (QED) is 0.599. The van der Waals surface area contributed by atoms with E-state index < -0.39 is 6.10 Å². The summed E-state index contributed by atoms with van der Waals surface area (Å²) >= 11 is 9.48. The lowest BCUT2D eigenvalue weighted by atomic mass is 9.87. The second-order valence-electron chi connectivity index (χ2n) is 8.18. The Kier molecular flexibility index (Phi) is 6.39. The molecule has 30 heavy (non-hydrogen) atoms. The average Bonchev–Trinajstić information content (AvgIpc) is 3.05. The Hall–Kier alpha value is -1.60. The minimum atomic E-state index is -0.636. The number of nitrogens with zero attached hydrogens (tertiary/aromatic N) is 1. The first kappa shape index (κ1) is 21.6. The van der Waals surface area contributed by atoms with Gasteiger partial charge in [-0.3, -0.25) is 4.79 Å². The summed E-state index contributed by atoms with van der Waals surface area (Å²) < 4.78 is 12.9. The molecule has 0 saturated carbocycles. The standard InChI is InChI=1S/C23H25BrClNO4/c1-15(27)20-11-17(24)2-4-22(20)29-14-19(28)13-26-8-6-23(7-9-26)12-16-10-18(25)3-5-21(16)30-23/h2-5,10-11,19,28H,6-9,12-14H2,1H3/t19-/m1/s1. The second-order valence-corrected chi connectivity index (χ2v) is 9.53. The van der Waals surface area contributed by atoms with Crippen LogP contribution in [0.25, 0.3) is 0 Å². The van der Waals surface area contributed by atoms with Crippen molar-refractivity contribution in [3.05, 3.63) is 57.0 Å². The number of carbonyl (C=O) groups excluding carboxylic acids is 1. The van der Waals surface area contributed by atoms with Gasteiger partial charge in [0.1, 0.15) is 29.8 Å². The molecule has 2 aromatic rings. The molecule has 0 amide bonds. The summed E-state index contributed by atoms with van der Waals surface area (Å²) in [4.78, 5) is 14.1. The normalized spacial score (nSPS) is 18.7. The number of β-amino-alcohol motifs (C(OH)–C–C–N with tert-alkyl or cyclic N) is 1. The third-order valence-electron chi connectivity index (χ3n) is 5.85. The van der Waals surface area contributed by atoms with E-state index in [1.165, 1.54) is 12.5 Å². The van der Waals surface area contributed by atoms with Gasteiger partial charge in [0.25, 0.3) is 0 Å². The number of rotatable bonds is 6. The topological polar surface area (TPSA) is 59.0 Å². The molecular formula is C23H25BrClNO4. The van der Waals surface area contributed by atoms with Crippen LogP contribution in [0.15, 0.2) is 40.9 Å². The molecule has 160 valence electrons. The zero-order chi connectivity index (χ0) is 21.3. The first-order valence-electron chi connectivity index (χ1n) is 10.1. The van der Waals surface area contributed by atoms with E-state index in [1.54, 1.807) is 12.1 Å². The number of piperidine rings is 1. The number of carbonyl (C=O) groups is 1. The molecule has 0 aliphatic carbocycles. The molecule has 2 aliphatic heterocycles. The van der Waals surface area contributed by atoms with Crippen molar-refractivity contribution in [1.82, 2.24) is 4.90 Å². The van der Waals surface area contributed by atoms with E-state index in [2.05, 4.69) is 20.8 Å². The van der Waals surface area contributed by atoms with Crippen molar-refractivity contribution in [2.75, 3.05) is 26.2 Å². The number of benzene rings is 2. The first-order chi connectivity index (χ1) is 14.3. The van der Waals surface area contributed by atoms with Gasteiger partial charge in [-0.25, -0.2) is 0 Å². The van der Waals surface area contributed by atoms with Crippen molar-refractivity contribution >= 4 is 33.3 Å². The predicted octanol–water partition coefficient (Wildman–Crippen LogP) is 4.51. The van der Waals surface area contributed by atoms with E-state index in [0.29, 0.717) is 17.9 Å². The van der Waals surface area contributed by atoms with E-state index in [9.17, 15) is 9.90 Å². The molecule has 1 spiro atoms. The van der Waals surface area contributed by atoms with Crippen molar-refractivity contribution in [3.8, 4) is 11.5 Å². The maximum absolute atomic E-state index is 11.8. The van der Waals surface area contributed by atoms with Gasteiger partial charge in [-0.05, 0) is 48.9 Å². The Morgan fingerprint density at radius 1 is 1.30 bits per heavy atom. The summed E-state index contributed by atoms with van der Waals surface area (Å²) in [6.45, 7) is 3.89. The number of ketones is 1. The lowest BCUT2D eigenvalue weighted by molar-refractivity contribution is -0.00199. The number of hydrogen-bond acceptors (Lipinski definition) is 5. The van der Waals surface area contributed by atoms with Gasteiger partial charge < -0.3 is 19.5 Å². The van der Waals surface area contributed by atoms with Crippen LogP contribution in [-0.2, 0) is 6.42 Å². The van der Waals surface area contributed by atoms with Gasteiger partial charge in [-0.2, -0.15) is 0 Å². The lowest BCUT2D eigenvalue weighted by Gasteiger charge is -2.39. The van der Waals surface area contributed by atoms with Gasteiger partial charge in [0.2, 0.25) is 0 Å². The van der Waals surface area contributed by atoms with Crippen molar-refractivity contribution in [2.24, 2.45) is 0 Å². The van der Waals surface area contributed by atoms with Gasteiger partial charge >= 0.3 is 0 Å². The first-order valence-corrected chi connectivity index (χ1v) is 11.3. The van der Waals surface area contributed by atoms with Gasteiger partial charge in [0, 0.05) is 48.4 Å². The molecule has 5 nitrogen and oxygen atoms in total. The minimum Gasteiger partial charge on any atom is -0.490 e. The molecule has 4 rings (SSSR count). The molecule has 0 aromatic heterocycles. The van der Waals surface area contributed by atoms with Crippen LogP contribution in [0.1, 0.15) is 35.7 Å². The molecule has 1 N–H and O–H groups in total. The number of aliphatic hydroxyl groups is 1. The highest BCUT2D eigenvalue weighted by atomic mass is 79.9. The Bertz CT molecular complexity index is 943. The highest BCUT2D eigenvalue weighted by molar-refractivity contribution is 9.10. The molecule has 2 aromatic carbocycles. The van der Waals surface area contributed by atoms with E-state index in [0.717, 1.165) is 47.6 Å². The van der Waals surface area contributed by atoms with Crippen LogP contribution in [-0.4, -0.2) is 53.7 Å². The highest BCUT2D eigenvalue weighted by Crippen LogP contribution is 2.41. The van der Waals surface area contributed by atoms with Crippen LogP contribution in [0.5, 0.6) is 11.5 Å². The minimum absolute atomic E-state index is 0.0686. The molecule has 1 atom stereocenters. The molecule has 0 unspecified atom stereocenters. The smallest absolute Gasteiger partial charge is 0.163 e. The predicted molar refractivity (Wildman–Crippen MR) is 120 cm³/mol. The van der Waals surface area contributed by atoms with Crippen LogP contribution in [0.4, 0.5) is 0 Å². The van der Waals surface area contributed by atoms with Crippen molar-refractivity contribution < 1.29 is 19.4 Å². The van der Waals surface area contributed by atoms with Crippen LogP contribution in [0, 0.1) is 0 Å². The summed E-state index contributed by atoms with van der Waals surface area (Å²) in [5.74, 6) is 1.37. The monoisotopic (exact) mass is 493 g/mol. The Labute approximate surface area is 190 Å². The SMILES string of the molecule is CC(=O)c1cc(Br)ccc1OC[C@H](O)CN1CCC2(CC1)Cc1cc(Cl)ccc1O2. The van der Waals surface area contributed by atoms with Crippen LogP contribution in [0.2, 0.25) is 5.02 Å². The fourth-order valence-electron chi connectivity index (χ4n) is 4.26. The fourth-order valence-corrected chi connectivity index (χ4v) is 4.82. The average molecular weight is 495 g/mol. The summed E-state index contributed by atoms with van der Waals surface area (Å²) in [6, 6.07) is 11.1. The number of likely N-dealkylation sites (tertiary alicyclic amines) is 1. The van der Waals surface area contributed by atoms with Crippen LogP contribution in [0.3, 0.4) is 0 Å². The van der Waals surface area contributed by atoms with E-state index in [-0.39, 0.29) is 18.0 Å². The van der Waals surface area contributed by atoms with Crippen LogP contribution < -0.4 is 9.47 Å². The van der Waals surface area contributed by atoms with Gasteiger partial charge in [0.15, 0.2) is 5.78 Å². The molecule has 7 heteroatoms. The Morgan fingerprint density at radius 3 is 2.80 bits per heavy atom. The van der Waals surface area contributed by atoms with E-state index in [4.69, 9.17) is 21.1 Å². The van der Waals surface area contributed by atoms with Gasteiger partial charge in [0.05, 0.1) is 5.56 Å². The molecule has 1 saturated heterocycles. The molecular weight excluding hydrogens is 470 g/mol.